The Bertz CT molecular complexity index is 536. The summed E-state index contributed by atoms with van der Waals surface area (Å²) in [4.78, 5) is 12.3. The Morgan fingerprint density at radius 1 is 0.840 bits per heavy atom. The van der Waals surface area contributed by atoms with Crippen LogP contribution in [-0.2, 0) is 28.5 Å². The summed E-state index contributed by atoms with van der Waals surface area (Å²) in [6, 6.07) is 0. The molecule has 0 aliphatic carbocycles. The van der Waals surface area contributed by atoms with Crippen LogP contribution in [0.4, 0.5) is 0 Å². The largest absolute Gasteiger partial charge is 0.454 e. The van der Waals surface area contributed by atoms with Crippen LogP contribution < -0.4 is 0 Å². The molecule has 0 N–H and O–H groups in total. The fourth-order valence-electron chi connectivity index (χ4n) is 4.29. The van der Waals surface area contributed by atoms with Gasteiger partial charge in [0.05, 0.1) is 5.60 Å². The highest BCUT2D eigenvalue weighted by Gasteiger charge is 2.69. The number of esters is 1. The Hall–Kier alpha value is -0.690. The van der Waals surface area contributed by atoms with Gasteiger partial charge in [0.2, 0.25) is 0 Å². The van der Waals surface area contributed by atoms with Crippen molar-refractivity contribution in [2.75, 3.05) is 0 Å². The molecule has 0 amide bonds. The van der Waals surface area contributed by atoms with E-state index >= 15 is 0 Å². The first kappa shape index (κ1) is 19.1. The lowest BCUT2D eigenvalue weighted by Crippen LogP contribution is -2.55. The minimum absolute atomic E-state index is 0.279. The van der Waals surface area contributed by atoms with E-state index in [0.29, 0.717) is 0 Å². The van der Waals surface area contributed by atoms with Gasteiger partial charge in [0.15, 0.2) is 30.4 Å². The third-order valence-electron chi connectivity index (χ3n) is 5.03. The maximum absolute atomic E-state index is 12.3. The van der Waals surface area contributed by atoms with Gasteiger partial charge in [0, 0.05) is 10.8 Å². The molecular formula is C19H32O6. The van der Waals surface area contributed by atoms with Gasteiger partial charge in [-0.15, -0.1) is 0 Å². The average molecular weight is 356 g/mol. The molecule has 0 bridgehead atoms. The lowest BCUT2D eigenvalue weighted by Gasteiger charge is -2.49. The molecule has 0 saturated carbocycles. The van der Waals surface area contributed by atoms with E-state index < -0.39 is 48.1 Å². The maximum Gasteiger partial charge on any atom is 0.338 e. The van der Waals surface area contributed by atoms with Crippen LogP contribution in [0, 0.1) is 10.8 Å². The van der Waals surface area contributed by atoms with Crippen LogP contribution in [0.5, 0.6) is 0 Å². The van der Waals surface area contributed by atoms with Gasteiger partial charge >= 0.3 is 5.97 Å². The summed E-state index contributed by atoms with van der Waals surface area (Å²) in [5.41, 5.74) is -1.03. The molecule has 0 aromatic heterocycles. The van der Waals surface area contributed by atoms with E-state index in [9.17, 15) is 4.79 Å². The molecule has 3 fully saturated rings. The van der Waals surface area contributed by atoms with Gasteiger partial charge in [0.1, 0.15) is 6.10 Å². The van der Waals surface area contributed by atoms with Crippen molar-refractivity contribution in [3.05, 3.63) is 0 Å². The SMILES string of the molecule is CC(C)(C)OC1C(=O)OC2C3OC(C(C)(C)C)(C(C)(C)C)OC3OC12. The number of carbonyl (C=O) groups excluding carboxylic acids is 1. The molecule has 25 heavy (non-hydrogen) atoms. The topological polar surface area (TPSA) is 63.2 Å². The highest BCUT2D eigenvalue weighted by atomic mass is 16.9. The summed E-state index contributed by atoms with van der Waals surface area (Å²) >= 11 is 0. The number of fused-ring (bicyclic) bond motifs is 3. The molecule has 3 rings (SSSR count). The quantitative estimate of drug-likeness (QED) is 0.673. The van der Waals surface area contributed by atoms with Crippen molar-refractivity contribution in [1.29, 1.82) is 0 Å². The smallest absolute Gasteiger partial charge is 0.338 e. The first-order chi connectivity index (χ1) is 11.2. The molecule has 3 aliphatic heterocycles. The molecule has 0 spiro atoms. The number of hydrogen-bond acceptors (Lipinski definition) is 6. The Morgan fingerprint density at radius 2 is 1.40 bits per heavy atom. The fraction of sp³-hybridized carbons (Fsp3) is 0.947. The van der Waals surface area contributed by atoms with Gasteiger partial charge in [-0.1, -0.05) is 41.5 Å². The molecule has 0 aromatic carbocycles. The molecular weight excluding hydrogens is 324 g/mol. The molecule has 0 radical (unpaired) electrons. The van der Waals surface area contributed by atoms with Crippen molar-refractivity contribution in [3.8, 4) is 0 Å². The summed E-state index contributed by atoms with van der Waals surface area (Å²) in [5.74, 6) is -1.23. The molecule has 6 heteroatoms. The third kappa shape index (κ3) is 2.91. The van der Waals surface area contributed by atoms with Crippen LogP contribution >= 0.6 is 0 Å². The second-order valence-corrected chi connectivity index (χ2v) is 10.3. The second-order valence-electron chi connectivity index (χ2n) is 10.3. The Balaban J connectivity index is 1.85. The number of hydrogen-bond donors (Lipinski definition) is 0. The first-order valence-corrected chi connectivity index (χ1v) is 9.06. The minimum atomic E-state index is -0.838. The van der Waals surface area contributed by atoms with E-state index in [-0.39, 0.29) is 10.8 Å². The van der Waals surface area contributed by atoms with E-state index in [2.05, 4.69) is 41.5 Å². The Kier molecular flexibility index (Phi) is 4.13. The predicted octanol–water partition coefficient (Wildman–Crippen LogP) is 3.02. The van der Waals surface area contributed by atoms with Crippen LogP contribution in [0.3, 0.4) is 0 Å². The summed E-state index contributed by atoms with van der Waals surface area (Å²) in [5, 5.41) is 0. The van der Waals surface area contributed by atoms with Gasteiger partial charge < -0.3 is 23.7 Å². The normalized spacial score (nSPS) is 37.8. The molecule has 144 valence electrons. The Labute approximate surface area is 150 Å². The summed E-state index contributed by atoms with van der Waals surface area (Å²) in [6.07, 6.45) is -2.76. The molecule has 3 aliphatic rings. The molecule has 5 atom stereocenters. The molecule has 6 nitrogen and oxygen atoms in total. The van der Waals surface area contributed by atoms with Crippen LogP contribution in [-0.4, -0.2) is 48.1 Å². The monoisotopic (exact) mass is 356 g/mol. The van der Waals surface area contributed by atoms with Crippen LogP contribution in [0.1, 0.15) is 62.3 Å². The minimum Gasteiger partial charge on any atom is -0.454 e. The zero-order valence-corrected chi connectivity index (χ0v) is 16.8. The number of ether oxygens (including phenoxy) is 5. The van der Waals surface area contributed by atoms with Gasteiger partial charge in [-0.25, -0.2) is 4.79 Å². The van der Waals surface area contributed by atoms with Crippen molar-refractivity contribution >= 4 is 5.97 Å². The highest BCUT2D eigenvalue weighted by Crippen LogP contribution is 2.56. The lowest BCUT2D eigenvalue weighted by atomic mass is 9.70. The average Bonchev–Trinajstić information content (AvgIpc) is 2.97. The first-order valence-electron chi connectivity index (χ1n) is 9.06. The van der Waals surface area contributed by atoms with E-state index in [4.69, 9.17) is 23.7 Å². The Morgan fingerprint density at radius 3 is 1.88 bits per heavy atom. The molecule has 3 saturated heterocycles. The molecule has 0 aromatic rings. The van der Waals surface area contributed by atoms with Gasteiger partial charge in [-0.05, 0) is 20.8 Å². The van der Waals surface area contributed by atoms with Gasteiger partial charge in [-0.2, -0.15) is 0 Å². The van der Waals surface area contributed by atoms with Crippen molar-refractivity contribution in [2.45, 2.75) is 104 Å². The molecule has 5 unspecified atom stereocenters. The van der Waals surface area contributed by atoms with Gasteiger partial charge in [-0.3, -0.25) is 0 Å². The standard InChI is InChI=1S/C19H32O6/c1-16(2,3)19(17(4,5)6)24-13-11-10(22-15(13)25-19)12(14(20)21-11)23-18(7,8)9/h10-13,15H,1-9H3. The third-order valence-corrected chi connectivity index (χ3v) is 5.03. The predicted molar refractivity (Wildman–Crippen MR) is 90.8 cm³/mol. The maximum atomic E-state index is 12.3. The van der Waals surface area contributed by atoms with Crippen molar-refractivity contribution in [1.82, 2.24) is 0 Å². The molecule has 3 heterocycles. The fourth-order valence-corrected chi connectivity index (χ4v) is 4.29. The second kappa shape index (κ2) is 5.41. The van der Waals surface area contributed by atoms with Crippen molar-refractivity contribution in [2.24, 2.45) is 10.8 Å². The zero-order chi connectivity index (χ0) is 19.0. The summed E-state index contributed by atoms with van der Waals surface area (Å²) in [6.45, 7) is 18.2. The number of rotatable bonds is 1. The van der Waals surface area contributed by atoms with Crippen LogP contribution in [0.2, 0.25) is 0 Å². The highest BCUT2D eigenvalue weighted by molar-refractivity contribution is 5.78. The lowest BCUT2D eigenvalue weighted by molar-refractivity contribution is -0.322. The van der Waals surface area contributed by atoms with Crippen molar-refractivity contribution < 1.29 is 28.5 Å². The van der Waals surface area contributed by atoms with E-state index in [0.717, 1.165) is 0 Å². The van der Waals surface area contributed by atoms with E-state index in [1.807, 2.05) is 20.8 Å². The number of carbonyl (C=O) groups is 1. The summed E-state index contributed by atoms with van der Waals surface area (Å²) < 4.78 is 30.3. The van der Waals surface area contributed by atoms with Crippen LogP contribution in [0.15, 0.2) is 0 Å². The van der Waals surface area contributed by atoms with Gasteiger partial charge in [0.25, 0.3) is 0 Å². The van der Waals surface area contributed by atoms with Crippen LogP contribution in [0.25, 0.3) is 0 Å². The summed E-state index contributed by atoms with van der Waals surface area (Å²) in [7, 11) is 0. The van der Waals surface area contributed by atoms with E-state index in [1.54, 1.807) is 0 Å². The zero-order valence-electron chi connectivity index (χ0n) is 16.8. The van der Waals surface area contributed by atoms with E-state index in [1.165, 1.54) is 0 Å². The van der Waals surface area contributed by atoms with Crippen molar-refractivity contribution in [3.63, 3.8) is 0 Å².